The number of carbonyl (C=O) groups excluding carboxylic acids is 1. The van der Waals surface area contributed by atoms with Crippen molar-refractivity contribution in [2.75, 3.05) is 12.4 Å². The standard InChI is InChI=1S/C15H13NO3/c1-18-11-7-8-12-13(9-11)14(19-15(12)17)16-10-5-3-2-4-6-10/h2-9,14,16H,1H3. The molecule has 0 fully saturated rings. The van der Waals surface area contributed by atoms with Crippen LogP contribution in [-0.2, 0) is 4.74 Å². The number of cyclic esters (lactones) is 1. The molecule has 3 rings (SSSR count). The van der Waals surface area contributed by atoms with Gasteiger partial charge in [0.1, 0.15) is 5.75 Å². The predicted octanol–water partition coefficient (Wildman–Crippen LogP) is 2.98. The Hall–Kier alpha value is -2.49. The molecule has 0 bridgehead atoms. The quantitative estimate of drug-likeness (QED) is 0.856. The van der Waals surface area contributed by atoms with E-state index in [-0.39, 0.29) is 5.97 Å². The molecule has 96 valence electrons. The van der Waals surface area contributed by atoms with Crippen LogP contribution in [0.2, 0.25) is 0 Å². The number of fused-ring (bicyclic) bond motifs is 1. The Labute approximate surface area is 111 Å². The van der Waals surface area contributed by atoms with E-state index in [2.05, 4.69) is 5.32 Å². The zero-order valence-electron chi connectivity index (χ0n) is 10.4. The molecule has 0 aromatic heterocycles. The number of hydrogen-bond donors (Lipinski definition) is 1. The molecule has 1 unspecified atom stereocenters. The summed E-state index contributed by atoms with van der Waals surface area (Å²) >= 11 is 0. The highest BCUT2D eigenvalue weighted by Gasteiger charge is 2.31. The van der Waals surface area contributed by atoms with E-state index in [9.17, 15) is 4.79 Å². The molecule has 0 spiro atoms. The van der Waals surface area contributed by atoms with Crippen molar-refractivity contribution < 1.29 is 14.3 Å². The zero-order valence-corrected chi connectivity index (χ0v) is 10.4. The highest BCUT2D eigenvalue weighted by atomic mass is 16.6. The number of esters is 1. The molecule has 1 aliphatic rings. The minimum absolute atomic E-state index is 0.314. The summed E-state index contributed by atoms with van der Waals surface area (Å²) in [6.07, 6.45) is -0.472. The summed E-state index contributed by atoms with van der Waals surface area (Å²) in [6, 6.07) is 14.9. The van der Waals surface area contributed by atoms with Crippen molar-refractivity contribution in [1.82, 2.24) is 0 Å². The Bertz CT molecular complexity index is 610. The van der Waals surface area contributed by atoms with E-state index in [0.717, 1.165) is 11.3 Å². The fourth-order valence-electron chi connectivity index (χ4n) is 2.10. The van der Waals surface area contributed by atoms with Gasteiger partial charge in [-0.15, -0.1) is 0 Å². The Morgan fingerprint density at radius 3 is 2.68 bits per heavy atom. The second-order valence-electron chi connectivity index (χ2n) is 4.25. The molecule has 1 N–H and O–H groups in total. The number of hydrogen-bond acceptors (Lipinski definition) is 4. The number of rotatable bonds is 3. The van der Waals surface area contributed by atoms with Crippen LogP contribution >= 0.6 is 0 Å². The maximum atomic E-state index is 11.8. The molecular weight excluding hydrogens is 242 g/mol. The van der Waals surface area contributed by atoms with Crippen LogP contribution in [0.4, 0.5) is 5.69 Å². The Balaban J connectivity index is 1.92. The number of para-hydroxylation sites is 1. The van der Waals surface area contributed by atoms with Gasteiger partial charge in [0.05, 0.1) is 12.7 Å². The number of methoxy groups -OCH3 is 1. The molecule has 19 heavy (non-hydrogen) atoms. The molecule has 1 atom stereocenters. The van der Waals surface area contributed by atoms with Crippen LogP contribution in [0.5, 0.6) is 5.75 Å². The first kappa shape index (κ1) is 11.6. The number of anilines is 1. The molecule has 4 nitrogen and oxygen atoms in total. The third kappa shape index (κ3) is 2.12. The normalized spacial score (nSPS) is 16.7. The third-order valence-corrected chi connectivity index (χ3v) is 3.06. The minimum Gasteiger partial charge on any atom is -0.497 e. The second kappa shape index (κ2) is 4.65. The van der Waals surface area contributed by atoms with Crippen LogP contribution in [0.1, 0.15) is 22.1 Å². The lowest BCUT2D eigenvalue weighted by atomic mass is 10.1. The Kier molecular flexibility index (Phi) is 2.83. The maximum Gasteiger partial charge on any atom is 0.340 e. The molecule has 2 aromatic carbocycles. The lowest BCUT2D eigenvalue weighted by molar-refractivity contribution is 0.0437. The smallest absolute Gasteiger partial charge is 0.340 e. The second-order valence-corrected chi connectivity index (χ2v) is 4.25. The molecule has 0 saturated carbocycles. The predicted molar refractivity (Wildman–Crippen MR) is 71.2 cm³/mol. The first-order chi connectivity index (χ1) is 9.28. The van der Waals surface area contributed by atoms with Crippen LogP contribution in [0.25, 0.3) is 0 Å². The lowest BCUT2D eigenvalue weighted by Gasteiger charge is -2.14. The Morgan fingerprint density at radius 1 is 1.16 bits per heavy atom. The van der Waals surface area contributed by atoms with E-state index in [0.29, 0.717) is 11.3 Å². The zero-order chi connectivity index (χ0) is 13.2. The summed E-state index contributed by atoms with van der Waals surface area (Å²) < 4.78 is 10.5. The van der Waals surface area contributed by atoms with Crippen molar-refractivity contribution >= 4 is 11.7 Å². The monoisotopic (exact) mass is 255 g/mol. The number of carbonyl (C=O) groups is 1. The number of benzene rings is 2. The molecule has 1 heterocycles. The van der Waals surface area contributed by atoms with Gasteiger partial charge in [0.2, 0.25) is 6.23 Å². The van der Waals surface area contributed by atoms with E-state index >= 15 is 0 Å². The van der Waals surface area contributed by atoms with Crippen LogP contribution in [0, 0.1) is 0 Å². The SMILES string of the molecule is COc1ccc2c(c1)C(Nc1ccccc1)OC2=O. The van der Waals surface area contributed by atoms with Gasteiger partial charge in [-0.3, -0.25) is 0 Å². The lowest BCUT2D eigenvalue weighted by Crippen LogP contribution is -2.10. The van der Waals surface area contributed by atoms with Gasteiger partial charge in [0, 0.05) is 11.3 Å². The Morgan fingerprint density at radius 2 is 1.95 bits per heavy atom. The van der Waals surface area contributed by atoms with Gasteiger partial charge in [-0.05, 0) is 30.3 Å². The average molecular weight is 255 g/mol. The van der Waals surface area contributed by atoms with Gasteiger partial charge in [0.25, 0.3) is 0 Å². The van der Waals surface area contributed by atoms with Crippen LogP contribution in [0.15, 0.2) is 48.5 Å². The van der Waals surface area contributed by atoms with Gasteiger partial charge in [-0.2, -0.15) is 0 Å². The molecule has 0 aliphatic carbocycles. The third-order valence-electron chi connectivity index (χ3n) is 3.06. The van der Waals surface area contributed by atoms with Crippen molar-refractivity contribution in [2.24, 2.45) is 0 Å². The summed E-state index contributed by atoms with van der Waals surface area (Å²) in [4.78, 5) is 11.8. The van der Waals surface area contributed by atoms with E-state index in [4.69, 9.17) is 9.47 Å². The van der Waals surface area contributed by atoms with Crippen LogP contribution in [0.3, 0.4) is 0 Å². The average Bonchev–Trinajstić information content (AvgIpc) is 2.76. The highest BCUT2D eigenvalue weighted by molar-refractivity contribution is 5.94. The first-order valence-electron chi connectivity index (χ1n) is 5.98. The topological polar surface area (TPSA) is 47.6 Å². The largest absolute Gasteiger partial charge is 0.497 e. The highest BCUT2D eigenvalue weighted by Crippen LogP contribution is 2.33. The molecule has 4 heteroatoms. The fraction of sp³-hybridized carbons (Fsp3) is 0.133. The molecular formula is C15H13NO3. The van der Waals surface area contributed by atoms with Crippen molar-refractivity contribution in [3.05, 3.63) is 59.7 Å². The first-order valence-corrected chi connectivity index (χ1v) is 5.98. The van der Waals surface area contributed by atoms with Crippen LogP contribution in [-0.4, -0.2) is 13.1 Å². The van der Waals surface area contributed by atoms with Crippen molar-refractivity contribution in [2.45, 2.75) is 6.23 Å². The van der Waals surface area contributed by atoms with E-state index in [1.807, 2.05) is 36.4 Å². The van der Waals surface area contributed by atoms with Gasteiger partial charge < -0.3 is 14.8 Å². The van der Waals surface area contributed by atoms with Gasteiger partial charge >= 0.3 is 5.97 Å². The van der Waals surface area contributed by atoms with Gasteiger partial charge in [0.15, 0.2) is 0 Å². The minimum atomic E-state index is -0.472. The van der Waals surface area contributed by atoms with Gasteiger partial charge in [-0.25, -0.2) is 4.79 Å². The van der Waals surface area contributed by atoms with Crippen molar-refractivity contribution in [1.29, 1.82) is 0 Å². The van der Waals surface area contributed by atoms with E-state index in [1.54, 1.807) is 19.2 Å². The summed E-state index contributed by atoms with van der Waals surface area (Å²) in [5.41, 5.74) is 2.28. The summed E-state index contributed by atoms with van der Waals surface area (Å²) in [5, 5.41) is 3.18. The summed E-state index contributed by atoms with van der Waals surface area (Å²) in [6.45, 7) is 0. The maximum absolute atomic E-state index is 11.8. The molecule has 2 aromatic rings. The molecule has 0 radical (unpaired) electrons. The summed E-state index contributed by atoms with van der Waals surface area (Å²) in [7, 11) is 1.60. The molecule has 0 saturated heterocycles. The van der Waals surface area contributed by atoms with Gasteiger partial charge in [-0.1, -0.05) is 18.2 Å². The molecule has 1 aliphatic heterocycles. The summed E-state index contributed by atoms with van der Waals surface area (Å²) in [5.74, 6) is 0.392. The fourth-order valence-corrected chi connectivity index (χ4v) is 2.10. The van der Waals surface area contributed by atoms with E-state index in [1.165, 1.54) is 0 Å². The molecule has 0 amide bonds. The number of ether oxygens (including phenoxy) is 2. The van der Waals surface area contributed by atoms with Crippen LogP contribution < -0.4 is 10.1 Å². The van der Waals surface area contributed by atoms with Crippen molar-refractivity contribution in [3.63, 3.8) is 0 Å². The number of nitrogens with one attached hydrogen (secondary N) is 1. The van der Waals surface area contributed by atoms with Crippen molar-refractivity contribution in [3.8, 4) is 5.75 Å². The van der Waals surface area contributed by atoms with E-state index < -0.39 is 6.23 Å².